The third-order valence-electron chi connectivity index (χ3n) is 3.30. The largest absolute Gasteiger partial charge is 0.213 e. The zero-order valence-electron chi connectivity index (χ0n) is 10.9. The van der Waals surface area contributed by atoms with Gasteiger partial charge in [0.25, 0.3) is 0 Å². The van der Waals surface area contributed by atoms with Crippen LogP contribution in [0.1, 0.15) is 5.56 Å². The summed E-state index contributed by atoms with van der Waals surface area (Å²) in [6.07, 6.45) is 4.31. The maximum absolute atomic E-state index is 2.31. The molecule has 2 heteroatoms. The highest BCUT2D eigenvalue weighted by atomic mass is 32.2. The molecule has 0 saturated carbocycles. The molecule has 19 heavy (non-hydrogen) atoms. The average molecular weight is 266 g/mol. The van der Waals surface area contributed by atoms with E-state index >= 15 is 0 Å². The number of rotatable bonds is 3. The number of hydrogen-bond donors (Lipinski definition) is 0. The second-order valence-corrected chi connectivity index (χ2v) is 5.36. The van der Waals surface area contributed by atoms with Gasteiger partial charge in [-0.05, 0) is 12.3 Å². The van der Waals surface area contributed by atoms with E-state index in [1.54, 1.807) is 11.8 Å². The Kier molecular flexibility index (Phi) is 3.51. The minimum Gasteiger partial charge on any atom is -0.194 e. The molecule has 0 radical (unpaired) electrons. The van der Waals surface area contributed by atoms with Crippen molar-refractivity contribution in [2.24, 2.45) is 0 Å². The van der Waals surface area contributed by atoms with E-state index in [4.69, 9.17) is 0 Å². The van der Waals surface area contributed by atoms with Crippen LogP contribution in [0.4, 0.5) is 0 Å². The van der Waals surface area contributed by atoms with E-state index in [2.05, 4.69) is 77.7 Å². The van der Waals surface area contributed by atoms with Crippen molar-refractivity contribution in [3.63, 3.8) is 0 Å². The molecule has 0 unspecified atom stereocenters. The minimum atomic E-state index is 0.913. The van der Waals surface area contributed by atoms with E-state index in [0.717, 1.165) is 6.54 Å². The summed E-state index contributed by atoms with van der Waals surface area (Å²) >= 11 is 1.80. The Morgan fingerprint density at radius 3 is 2.42 bits per heavy atom. The lowest BCUT2D eigenvalue weighted by Crippen LogP contribution is -2.34. The molecule has 1 heterocycles. The summed E-state index contributed by atoms with van der Waals surface area (Å²) in [4.78, 5) is 1.33. The molecule has 2 aromatic carbocycles. The zero-order valence-corrected chi connectivity index (χ0v) is 11.7. The summed E-state index contributed by atoms with van der Waals surface area (Å²) in [5.74, 6) is 0. The fourth-order valence-electron chi connectivity index (χ4n) is 2.36. The van der Waals surface area contributed by atoms with E-state index in [0.29, 0.717) is 0 Å². The number of para-hydroxylation sites is 1. The van der Waals surface area contributed by atoms with Gasteiger partial charge in [0.2, 0.25) is 5.52 Å². The summed E-state index contributed by atoms with van der Waals surface area (Å²) in [6, 6.07) is 21.4. The van der Waals surface area contributed by atoms with Gasteiger partial charge in [-0.15, -0.1) is 11.8 Å². The summed E-state index contributed by atoms with van der Waals surface area (Å²) < 4.78 is 2.31. The van der Waals surface area contributed by atoms with Crippen LogP contribution in [0.2, 0.25) is 0 Å². The smallest absolute Gasteiger partial charge is 0.194 e. The Hall–Kier alpha value is -1.80. The SMILES string of the molecule is CSc1cc[n+](Cc2ccccc2)c2ccccc12. The molecule has 0 aliphatic heterocycles. The van der Waals surface area contributed by atoms with Gasteiger partial charge in [-0.2, -0.15) is 4.57 Å². The normalized spacial score (nSPS) is 10.8. The number of nitrogens with zero attached hydrogens (tertiary/aromatic N) is 1. The Balaban J connectivity index is 2.10. The van der Waals surface area contributed by atoms with E-state index in [9.17, 15) is 0 Å². The quantitative estimate of drug-likeness (QED) is 0.514. The number of hydrogen-bond acceptors (Lipinski definition) is 1. The van der Waals surface area contributed by atoms with Crippen LogP contribution in [0.3, 0.4) is 0 Å². The Morgan fingerprint density at radius 2 is 1.63 bits per heavy atom. The number of pyridine rings is 1. The highest BCUT2D eigenvalue weighted by Gasteiger charge is 2.11. The Labute approximate surface area is 117 Å². The number of benzene rings is 2. The molecule has 1 nitrogen and oxygen atoms in total. The van der Waals surface area contributed by atoms with Crippen LogP contribution in [0.5, 0.6) is 0 Å². The molecule has 3 aromatic rings. The van der Waals surface area contributed by atoms with Crippen LogP contribution in [-0.2, 0) is 6.54 Å². The van der Waals surface area contributed by atoms with Crippen molar-refractivity contribution in [3.05, 3.63) is 72.4 Å². The van der Waals surface area contributed by atoms with Crippen molar-refractivity contribution in [2.45, 2.75) is 11.4 Å². The van der Waals surface area contributed by atoms with E-state index in [1.807, 2.05) is 0 Å². The molecule has 3 rings (SSSR count). The topological polar surface area (TPSA) is 3.88 Å². The molecule has 0 amide bonds. The van der Waals surface area contributed by atoms with Gasteiger partial charge in [0.1, 0.15) is 0 Å². The van der Waals surface area contributed by atoms with E-state index in [1.165, 1.54) is 21.4 Å². The summed E-state index contributed by atoms with van der Waals surface area (Å²) in [7, 11) is 0. The monoisotopic (exact) mass is 266 g/mol. The minimum absolute atomic E-state index is 0.913. The van der Waals surface area contributed by atoms with Gasteiger partial charge in [0, 0.05) is 22.6 Å². The third kappa shape index (κ3) is 2.49. The van der Waals surface area contributed by atoms with Crippen LogP contribution >= 0.6 is 11.8 Å². The first-order valence-corrected chi connectivity index (χ1v) is 7.60. The molecule has 1 aromatic heterocycles. The molecular weight excluding hydrogens is 250 g/mol. The van der Waals surface area contributed by atoms with Crippen molar-refractivity contribution in [2.75, 3.05) is 6.26 Å². The van der Waals surface area contributed by atoms with Crippen LogP contribution < -0.4 is 4.57 Å². The fraction of sp³-hybridized carbons (Fsp3) is 0.118. The lowest BCUT2D eigenvalue weighted by atomic mass is 10.2. The van der Waals surface area contributed by atoms with Gasteiger partial charge in [-0.1, -0.05) is 42.5 Å². The van der Waals surface area contributed by atoms with Gasteiger partial charge >= 0.3 is 0 Å². The molecule has 0 spiro atoms. The predicted octanol–water partition coefficient (Wildman–Crippen LogP) is 3.90. The summed E-state index contributed by atoms with van der Waals surface area (Å²) in [5.41, 5.74) is 2.62. The van der Waals surface area contributed by atoms with Crippen molar-refractivity contribution in [3.8, 4) is 0 Å². The van der Waals surface area contributed by atoms with Crippen molar-refractivity contribution in [1.29, 1.82) is 0 Å². The van der Waals surface area contributed by atoms with E-state index < -0.39 is 0 Å². The standard InChI is InChI=1S/C17H16NS/c1-19-17-11-12-18(13-14-7-3-2-4-8-14)16-10-6-5-9-15(16)17/h2-12H,13H2,1H3/q+1. The predicted molar refractivity (Wildman–Crippen MR) is 81.5 cm³/mol. The molecule has 94 valence electrons. The third-order valence-corrected chi connectivity index (χ3v) is 4.10. The molecular formula is C17H16NS+. The van der Waals surface area contributed by atoms with Crippen molar-refractivity contribution < 1.29 is 4.57 Å². The molecule has 0 atom stereocenters. The first-order valence-electron chi connectivity index (χ1n) is 6.37. The Bertz CT molecular complexity index is 692. The molecule has 0 aliphatic rings. The van der Waals surface area contributed by atoms with E-state index in [-0.39, 0.29) is 0 Å². The van der Waals surface area contributed by atoms with Crippen molar-refractivity contribution >= 4 is 22.7 Å². The maximum Gasteiger partial charge on any atom is 0.213 e. The summed E-state index contributed by atoms with van der Waals surface area (Å²) in [5, 5.41) is 1.33. The van der Waals surface area contributed by atoms with Crippen LogP contribution in [0, 0.1) is 0 Å². The lowest BCUT2D eigenvalue weighted by Gasteiger charge is -2.05. The van der Waals surface area contributed by atoms with Crippen LogP contribution in [-0.4, -0.2) is 6.26 Å². The zero-order chi connectivity index (χ0) is 13.1. The van der Waals surface area contributed by atoms with Gasteiger partial charge in [-0.3, -0.25) is 0 Å². The van der Waals surface area contributed by atoms with Gasteiger partial charge < -0.3 is 0 Å². The van der Waals surface area contributed by atoms with Crippen LogP contribution in [0.25, 0.3) is 10.9 Å². The molecule has 0 N–H and O–H groups in total. The first kappa shape index (κ1) is 12.2. The molecule has 0 aliphatic carbocycles. The molecule has 0 fully saturated rings. The first-order chi connectivity index (χ1) is 9.38. The fourth-order valence-corrected chi connectivity index (χ4v) is 2.95. The highest BCUT2D eigenvalue weighted by Crippen LogP contribution is 2.23. The molecule has 0 bridgehead atoms. The number of thioether (sulfide) groups is 1. The Morgan fingerprint density at radius 1 is 0.895 bits per heavy atom. The number of fused-ring (bicyclic) bond motifs is 1. The lowest BCUT2D eigenvalue weighted by molar-refractivity contribution is -0.662. The van der Waals surface area contributed by atoms with Gasteiger partial charge in [0.15, 0.2) is 12.7 Å². The molecule has 0 saturated heterocycles. The highest BCUT2D eigenvalue weighted by molar-refractivity contribution is 7.98. The maximum atomic E-state index is 2.31. The second-order valence-electron chi connectivity index (χ2n) is 4.51. The van der Waals surface area contributed by atoms with Crippen molar-refractivity contribution in [1.82, 2.24) is 0 Å². The van der Waals surface area contributed by atoms with Crippen LogP contribution in [0.15, 0.2) is 71.8 Å². The number of aromatic nitrogens is 1. The second kappa shape index (κ2) is 5.45. The van der Waals surface area contributed by atoms with Gasteiger partial charge in [-0.25, -0.2) is 0 Å². The summed E-state index contributed by atoms with van der Waals surface area (Å²) in [6.45, 7) is 0.913. The average Bonchev–Trinajstić information content (AvgIpc) is 2.49. The van der Waals surface area contributed by atoms with Gasteiger partial charge in [0.05, 0.1) is 5.39 Å².